The second kappa shape index (κ2) is 13.0. The molecule has 1 amide bonds. The molecule has 2 atom stereocenters. The van der Waals surface area contributed by atoms with Gasteiger partial charge in [-0.1, -0.05) is 19.9 Å². The highest BCUT2D eigenvalue weighted by Gasteiger charge is 2.44. The number of nitrogens with one attached hydrogen (secondary N) is 2. The first-order valence-corrected chi connectivity index (χ1v) is 15.8. The quantitative estimate of drug-likeness (QED) is 0.430. The fourth-order valence-electron chi connectivity index (χ4n) is 4.37. The van der Waals surface area contributed by atoms with E-state index >= 15 is 0 Å². The molecular formula is C28H40N4O5S2. The van der Waals surface area contributed by atoms with Crippen molar-refractivity contribution in [1.82, 2.24) is 4.98 Å². The Balaban J connectivity index is 0.00000205. The van der Waals surface area contributed by atoms with Crippen LogP contribution < -0.4 is 14.9 Å². The van der Waals surface area contributed by atoms with Gasteiger partial charge in [0.25, 0.3) is 5.91 Å². The SMILES string of the molecule is CC.COC(=O)CS(=O)Nc1ccc(C(=O)Nc2cccc(S(=O)C(C)(C)C)n2)c(N2CCC3(CC2)CC3)c1. The molecule has 2 heterocycles. The highest BCUT2D eigenvalue weighted by molar-refractivity contribution is 7.87. The number of hydrogen-bond donors (Lipinski definition) is 2. The molecule has 2 N–H and O–H groups in total. The first-order chi connectivity index (χ1) is 18.5. The number of carbonyl (C=O) groups is 2. The Labute approximate surface area is 236 Å². The number of aromatic nitrogens is 1. The molecule has 1 aliphatic carbocycles. The van der Waals surface area contributed by atoms with Crippen molar-refractivity contribution in [3.63, 3.8) is 0 Å². The van der Waals surface area contributed by atoms with Crippen molar-refractivity contribution in [2.24, 2.45) is 5.41 Å². The number of methoxy groups -OCH3 is 1. The summed E-state index contributed by atoms with van der Waals surface area (Å²) in [5.41, 5.74) is 2.19. The van der Waals surface area contributed by atoms with Crippen molar-refractivity contribution < 1.29 is 22.7 Å². The number of anilines is 3. The third-order valence-electron chi connectivity index (χ3n) is 6.78. The second-order valence-electron chi connectivity index (χ2n) is 10.6. The van der Waals surface area contributed by atoms with Gasteiger partial charge in [-0.3, -0.25) is 13.8 Å². The number of carbonyl (C=O) groups excluding carboxylic acids is 2. The highest BCUT2D eigenvalue weighted by atomic mass is 32.2. The van der Waals surface area contributed by atoms with E-state index < -0.39 is 32.5 Å². The molecule has 11 heteroatoms. The monoisotopic (exact) mass is 576 g/mol. The van der Waals surface area contributed by atoms with Crippen LogP contribution >= 0.6 is 0 Å². The van der Waals surface area contributed by atoms with Crippen molar-refractivity contribution in [2.75, 3.05) is 40.9 Å². The van der Waals surface area contributed by atoms with Gasteiger partial charge in [-0.25, -0.2) is 9.19 Å². The van der Waals surface area contributed by atoms with E-state index in [0.717, 1.165) is 31.6 Å². The zero-order valence-corrected chi connectivity index (χ0v) is 25.3. The fraction of sp³-hybridized carbons (Fsp3) is 0.536. The van der Waals surface area contributed by atoms with Crippen molar-refractivity contribution >= 4 is 50.9 Å². The van der Waals surface area contributed by atoms with Gasteiger partial charge in [0, 0.05) is 23.5 Å². The Kier molecular flexibility index (Phi) is 10.3. The Hall–Kier alpha value is -2.79. The number of esters is 1. The maximum Gasteiger partial charge on any atom is 0.320 e. The third kappa shape index (κ3) is 8.11. The molecule has 4 rings (SSSR count). The van der Waals surface area contributed by atoms with Crippen LogP contribution in [-0.2, 0) is 31.3 Å². The van der Waals surface area contributed by atoms with E-state index in [1.165, 1.54) is 20.0 Å². The van der Waals surface area contributed by atoms with Crippen molar-refractivity contribution in [2.45, 2.75) is 70.1 Å². The molecule has 1 saturated heterocycles. The zero-order chi connectivity index (χ0) is 28.8. The third-order valence-corrected chi connectivity index (χ3v) is 9.46. The number of benzene rings is 1. The summed E-state index contributed by atoms with van der Waals surface area (Å²) in [4.78, 5) is 31.5. The van der Waals surface area contributed by atoms with Gasteiger partial charge < -0.3 is 19.7 Å². The van der Waals surface area contributed by atoms with Gasteiger partial charge >= 0.3 is 5.97 Å². The lowest BCUT2D eigenvalue weighted by Gasteiger charge is -2.35. The summed E-state index contributed by atoms with van der Waals surface area (Å²) in [6, 6.07) is 10.2. The van der Waals surface area contributed by atoms with Gasteiger partial charge in [-0.2, -0.15) is 0 Å². The normalized spacial score (nSPS) is 17.3. The smallest absolute Gasteiger partial charge is 0.320 e. The average molecular weight is 577 g/mol. The summed E-state index contributed by atoms with van der Waals surface area (Å²) in [6.07, 6.45) is 4.67. The number of rotatable bonds is 8. The topological polar surface area (TPSA) is 118 Å². The van der Waals surface area contributed by atoms with E-state index in [1.807, 2.05) is 34.6 Å². The van der Waals surface area contributed by atoms with Crippen LogP contribution in [0.15, 0.2) is 41.4 Å². The molecule has 0 bridgehead atoms. The van der Waals surface area contributed by atoms with Gasteiger partial charge in [0.1, 0.15) is 27.6 Å². The van der Waals surface area contributed by atoms with E-state index in [-0.39, 0.29) is 11.7 Å². The summed E-state index contributed by atoms with van der Waals surface area (Å²) in [7, 11) is -1.75. The average Bonchev–Trinajstić information content (AvgIpc) is 3.67. The lowest BCUT2D eigenvalue weighted by molar-refractivity contribution is -0.137. The summed E-state index contributed by atoms with van der Waals surface area (Å²) in [6.45, 7) is 11.3. The molecule has 1 saturated carbocycles. The summed E-state index contributed by atoms with van der Waals surface area (Å²) >= 11 is 0. The van der Waals surface area contributed by atoms with Crippen molar-refractivity contribution in [1.29, 1.82) is 0 Å². The highest BCUT2D eigenvalue weighted by Crippen LogP contribution is 2.54. The number of pyridine rings is 1. The number of hydrogen-bond acceptors (Lipinski definition) is 7. The minimum atomic E-state index is -1.66. The molecule has 214 valence electrons. The lowest BCUT2D eigenvalue weighted by Crippen LogP contribution is -2.35. The molecule has 2 unspecified atom stereocenters. The maximum atomic E-state index is 13.4. The van der Waals surface area contributed by atoms with Crippen LogP contribution in [0.5, 0.6) is 0 Å². The lowest BCUT2D eigenvalue weighted by atomic mass is 9.93. The van der Waals surface area contributed by atoms with E-state index in [4.69, 9.17) is 0 Å². The molecule has 2 fully saturated rings. The van der Waals surface area contributed by atoms with E-state index in [9.17, 15) is 18.0 Å². The Bertz CT molecular complexity index is 1230. The van der Waals surface area contributed by atoms with Crippen LogP contribution in [0.4, 0.5) is 17.2 Å². The first kappa shape index (κ1) is 30.7. The molecule has 9 nitrogen and oxygen atoms in total. The molecule has 0 radical (unpaired) electrons. The van der Waals surface area contributed by atoms with E-state index in [1.54, 1.807) is 36.4 Å². The molecule has 1 aliphatic heterocycles. The van der Waals surface area contributed by atoms with Gasteiger partial charge in [-0.05, 0) is 82.2 Å². The maximum absolute atomic E-state index is 13.4. The van der Waals surface area contributed by atoms with Crippen molar-refractivity contribution in [3.05, 3.63) is 42.0 Å². The molecule has 39 heavy (non-hydrogen) atoms. The Morgan fingerprint density at radius 2 is 1.72 bits per heavy atom. The van der Waals surface area contributed by atoms with Gasteiger partial charge in [0.15, 0.2) is 0 Å². The Morgan fingerprint density at radius 3 is 2.31 bits per heavy atom. The largest absolute Gasteiger partial charge is 0.468 e. The second-order valence-corrected chi connectivity index (χ2v) is 13.9. The van der Waals surface area contributed by atoms with Gasteiger partial charge in [-0.15, -0.1) is 0 Å². The molecular weight excluding hydrogens is 536 g/mol. The van der Waals surface area contributed by atoms with Crippen LogP contribution in [-0.4, -0.2) is 56.0 Å². The summed E-state index contributed by atoms with van der Waals surface area (Å²) in [5, 5.41) is 3.26. The molecule has 1 aromatic heterocycles. The number of nitrogens with zero attached hydrogens (tertiary/aromatic N) is 2. The molecule has 1 spiro atoms. The van der Waals surface area contributed by atoms with E-state index in [0.29, 0.717) is 27.5 Å². The van der Waals surface area contributed by atoms with E-state index in [2.05, 4.69) is 24.7 Å². The predicted molar refractivity (Wildman–Crippen MR) is 158 cm³/mol. The molecule has 2 aromatic rings. The molecule has 2 aliphatic rings. The summed E-state index contributed by atoms with van der Waals surface area (Å²) in [5.74, 6) is -0.869. The van der Waals surface area contributed by atoms with Crippen LogP contribution in [0.25, 0.3) is 0 Å². The Morgan fingerprint density at radius 1 is 1.05 bits per heavy atom. The predicted octanol–water partition coefficient (Wildman–Crippen LogP) is 4.90. The van der Waals surface area contributed by atoms with Gasteiger partial charge in [0.05, 0.1) is 29.2 Å². The van der Waals surface area contributed by atoms with Crippen molar-refractivity contribution in [3.8, 4) is 0 Å². The number of amides is 1. The number of ether oxygens (including phenoxy) is 1. The van der Waals surface area contributed by atoms with Crippen LogP contribution in [0.3, 0.4) is 0 Å². The number of piperidine rings is 1. The van der Waals surface area contributed by atoms with Crippen LogP contribution in [0, 0.1) is 5.41 Å². The standard InChI is InChI=1S/C26H34N4O5S2.C2H6/c1-25(2,3)37(34)22-7-5-6-21(27-22)28-24(32)19-9-8-18(29-36(33)17-23(31)35-4)16-20(19)30-14-12-26(10-11-26)13-15-30;1-2/h5-9,16,29H,10-15,17H2,1-4H3,(H,27,28,32);1-2H3. The summed E-state index contributed by atoms with van der Waals surface area (Å²) < 4.78 is 32.1. The van der Waals surface area contributed by atoms with Gasteiger partial charge in [0.2, 0.25) is 0 Å². The van der Waals surface area contributed by atoms with Crippen LogP contribution in [0.1, 0.15) is 70.7 Å². The minimum absolute atomic E-state index is 0.280. The molecule has 1 aromatic carbocycles. The minimum Gasteiger partial charge on any atom is -0.468 e. The zero-order valence-electron chi connectivity index (χ0n) is 23.7. The van der Waals surface area contributed by atoms with Crippen LogP contribution in [0.2, 0.25) is 0 Å². The first-order valence-electron chi connectivity index (χ1n) is 13.3. The fourth-order valence-corrected chi connectivity index (χ4v) is 6.17.